The van der Waals surface area contributed by atoms with Crippen molar-refractivity contribution in [2.45, 2.75) is 39.3 Å². The second-order valence-electron chi connectivity index (χ2n) is 5.20. The van der Waals surface area contributed by atoms with Gasteiger partial charge in [-0.2, -0.15) is 0 Å². The quantitative estimate of drug-likeness (QED) is 0.941. The van der Waals surface area contributed by atoms with Gasteiger partial charge < -0.3 is 5.32 Å². The second-order valence-corrected chi connectivity index (χ2v) is 6.06. The summed E-state index contributed by atoms with van der Waals surface area (Å²) in [7, 11) is 0. The standard InChI is InChI=1S/C14H17BrN4/c1-9-5-10(2)14(13(15)6-9)19-12(8-17-18-19)7-16-11-3-4-11/h5-6,8,11,16H,3-4,7H2,1-2H3. The van der Waals surface area contributed by atoms with Crippen molar-refractivity contribution in [3.05, 3.63) is 39.6 Å². The first kappa shape index (κ1) is 12.8. The Labute approximate surface area is 121 Å². The number of nitrogens with one attached hydrogen (secondary N) is 1. The van der Waals surface area contributed by atoms with Gasteiger partial charge in [0.1, 0.15) is 0 Å². The summed E-state index contributed by atoms with van der Waals surface area (Å²) in [6, 6.07) is 4.97. The van der Waals surface area contributed by atoms with E-state index in [1.165, 1.54) is 24.0 Å². The van der Waals surface area contributed by atoms with E-state index in [-0.39, 0.29) is 0 Å². The molecule has 1 aliphatic carbocycles. The molecule has 0 saturated heterocycles. The smallest absolute Gasteiger partial charge is 0.0838 e. The van der Waals surface area contributed by atoms with Gasteiger partial charge in [0.2, 0.25) is 0 Å². The first-order chi connectivity index (χ1) is 9.15. The Morgan fingerprint density at radius 3 is 2.84 bits per heavy atom. The number of aryl methyl sites for hydroxylation is 2. The predicted octanol–water partition coefficient (Wildman–Crippen LogP) is 2.90. The Balaban J connectivity index is 1.95. The Bertz CT molecular complexity index is 578. The number of benzene rings is 1. The molecule has 1 aromatic heterocycles. The van der Waals surface area contributed by atoms with E-state index in [1.807, 2.05) is 10.9 Å². The molecule has 0 unspecified atom stereocenters. The van der Waals surface area contributed by atoms with Gasteiger partial charge in [0.25, 0.3) is 0 Å². The van der Waals surface area contributed by atoms with Crippen molar-refractivity contribution >= 4 is 15.9 Å². The lowest BCUT2D eigenvalue weighted by Gasteiger charge is -2.12. The molecular weight excluding hydrogens is 304 g/mol. The molecule has 5 heteroatoms. The highest BCUT2D eigenvalue weighted by molar-refractivity contribution is 9.10. The molecule has 3 rings (SSSR count). The minimum absolute atomic E-state index is 0.686. The zero-order valence-corrected chi connectivity index (χ0v) is 12.7. The third kappa shape index (κ3) is 2.72. The summed E-state index contributed by atoms with van der Waals surface area (Å²) in [6.07, 6.45) is 4.41. The van der Waals surface area contributed by atoms with Crippen LogP contribution >= 0.6 is 15.9 Å². The van der Waals surface area contributed by atoms with Crippen LogP contribution in [0.5, 0.6) is 0 Å². The number of aromatic nitrogens is 3. The predicted molar refractivity (Wildman–Crippen MR) is 78.4 cm³/mol. The average molecular weight is 321 g/mol. The van der Waals surface area contributed by atoms with Crippen molar-refractivity contribution in [2.75, 3.05) is 0 Å². The van der Waals surface area contributed by atoms with E-state index in [0.29, 0.717) is 6.04 Å². The molecule has 19 heavy (non-hydrogen) atoms. The van der Waals surface area contributed by atoms with Crippen LogP contribution in [-0.2, 0) is 6.54 Å². The zero-order valence-electron chi connectivity index (χ0n) is 11.2. The number of hydrogen-bond acceptors (Lipinski definition) is 3. The molecule has 0 atom stereocenters. The van der Waals surface area contributed by atoms with Crippen molar-refractivity contribution in [2.24, 2.45) is 0 Å². The maximum Gasteiger partial charge on any atom is 0.0838 e. The van der Waals surface area contributed by atoms with Crippen LogP contribution in [0.1, 0.15) is 29.7 Å². The van der Waals surface area contributed by atoms with Crippen LogP contribution in [-0.4, -0.2) is 21.0 Å². The minimum Gasteiger partial charge on any atom is -0.308 e. The van der Waals surface area contributed by atoms with Crippen molar-refractivity contribution in [3.8, 4) is 5.69 Å². The topological polar surface area (TPSA) is 42.7 Å². The lowest BCUT2D eigenvalue weighted by Crippen LogP contribution is -2.18. The summed E-state index contributed by atoms with van der Waals surface area (Å²) in [6.45, 7) is 5.02. The molecule has 0 aliphatic heterocycles. The molecule has 1 N–H and O–H groups in total. The first-order valence-electron chi connectivity index (χ1n) is 6.55. The van der Waals surface area contributed by atoms with Gasteiger partial charge in [-0.25, -0.2) is 4.68 Å². The third-order valence-electron chi connectivity index (χ3n) is 3.38. The molecular formula is C14H17BrN4. The van der Waals surface area contributed by atoms with Crippen molar-refractivity contribution in [1.29, 1.82) is 0 Å². The fourth-order valence-corrected chi connectivity index (χ4v) is 3.12. The molecule has 1 heterocycles. The van der Waals surface area contributed by atoms with Gasteiger partial charge in [-0.05, 0) is 59.8 Å². The van der Waals surface area contributed by atoms with Crippen LogP contribution in [0.2, 0.25) is 0 Å². The van der Waals surface area contributed by atoms with E-state index in [9.17, 15) is 0 Å². The van der Waals surface area contributed by atoms with E-state index >= 15 is 0 Å². The Kier molecular flexibility index (Phi) is 3.41. The molecule has 0 amide bonds. The van der Waals surface area contributed by atoms with Gasteiger partial charge in [0.15, 0.2) is 0 Å². The zero-order chi connectivity index (χ0) is 13.4. The van der Waals surface area contributed by atoms with Gasteiger partial charge in [0.05, 0.1) is 17.6 Å². The second kappa shape index (κ2) is 5.06. The highest BCUT2D eigenvalue weighted by atomic mass is 79.9. The summed E-state index contributed by atoms with van der Waals surface area (Å²) in [5.41, 5.74) is 4.62. The van der Waals surface area contributed by atoms with Gasteiger partial charge in [-0.3, -0.25) is 0 Å². The van der Waals surface area contributed by atoms with Gasteiger partial charge in [-0.1, -0.05) is 11.3 Å². The lowest BCUT2D eigenvalue weighted by molar-refractivity contribution is 0.645. The SMILES string of the molecule is Cc1cc(C)c(-n2nncc2CNC2CC2)c(Br)c1. The minimum atomic E-state index is 0.686. The van der Waals surface area contributed by atoms with Crippen molar-refractivity contribution in [1.82, 2.24) is 20.3 Å². The Morgan fingerprint density at radius 2 is 2.16 bits per heavy atom. The van der Waals surface area contributed by atoms with Crippen molar-refractivity contribution in [3.63, 3.8) is 0 Å². The normalized spacial score (nSPS) is 14.9. The maximum atomic E-state index is 4.23. The molecule has 4 nitrogen and oxygen atoms in total. The van der Waals surface area contributed by atoms with E-state index in [1.54, 1.807) is 0 Å². The molecule has 100 valence electrons. The van der Waals surface area contributed by atoms with Gasteiger partial charge in [0, 0.05) is 17.1 Å². The van der Waals surface area contributed by atoms with E-state index < -0.39 is 0 Å². The van der Waals surface area contributed by atoms with Gasteiger partial charge >= 0.3 is 0 Å². The summed E-state index contributed by atoms with van der Waals surface area (Å²) in [4.78, 5) is 0. The fraction of sp³-hybridized carbons (Fsp3) is 0.429. The average Bonchev–Trinajstić information content (AvgIpc) is 3.06. The van der Waals surface area contributed by atoms with Crippen LogP contribution in [0.25, 0.3) is 5.69 Å². The molecule has 0 bridgehead atoms. The molecule has 2 aromatic rings. The third-order valence-corrected chi connectivity index (χ3v) is 3.98. The Morgan fingerprint density at radius 1 is 1.37 bits per heavy atom. The van der Waals surface area contributed by atoms with E-state index in [2.05, 4.69) is 57.5 Å². The lowest BCUT2D eigenvalue weighted by atomic mass is 10.1. The molecule has 1 fully saturated rings. The maximum absolute atomic E-state index is 4.23. The summed E-state index contributed by atoms with van der Waals surface area (Å²) in [5.74, 6) is 0. The summed E-state index contributed by atoms with van der Waals surface area (Å²) < 4.78 is 2.98. The Hall–Kier alpha value is -1.20. The number of halogens is 1. The molecule has 0 radical (unpaired) electrons. The van der Waals surface area contributed by atoms with Crippen molar-refractivity contribution < 1.29 is 0 Å². The fourth-order valence-electron chi connectivity index (χ4n) is 2.28. The highest BCUT2D eigenvalue weighted by Gasteiger charge is 2.21. The van der Waals surface area contributed by atoms with Crippen LogP contribution < -0.4 is 5.32 Å². The van der Waals surface area contributed by atoms with Crippen LogP contribution in [0, 0.1) is 13.8 Å². The summed E-state index contributed by atoms with van der Waals surface area (Å²) in [5, 5.41) is 11.8. The van der Waals surface area contributed by atoms with E-state index in [0.717, 1.165) is 22.4 Å². The van der Waals surface area contributed by atoms with Crippen LogP contribution in [0.3, 0.4) is 0 Å². The number of rotatable bonds is 4. The molecule has 1 aliphatic rings. The molecule has 1 aromatic carbocycles. The first-order valence-corrected chi connectivity index (χ1v) is 7.34. The highest BCUT2D eigenvalue weighted by Crippen LogP contribution is 2.27. The monoisotopic (exact) mass is 320 g/mol. The van der Waals surface area contributed by atoms with E-state index in [4.69, 9.17) is 0 Å². The van der Waals surface area contributed by atoms with Crippen LogP contribution in [0.4, 0.5) is 0 Å². The van der Waals surface area contributed by atoms with Gasteiger partial charge in [-0.15, -0.1) is 5.10 Å². The van der Waals surface area contributed by atoms with Crippen LogP contribution in [0.15, 0.2) is 22.8 Å². The molecule has 1 saturated carbocycles. The molecule has 0 spiro atoms. The number of nitrogens with zero attached hydrogens (tertiary/aromatic N) is 3. The number of hydrogen-bond donors (Lipinski definition) is 1. The summed E-state index contributed by atoms with van der Waals surface area (Å²) >= 11 is 3.64. The largest absolute Gasteiger partial charge is 0.308 e.